The molecular weight excluding hydrogens is 232 g/mol. The highest BCUT2D eigenvalue weighted by Gasteiger charge is 2.44. The minimum absolute atomic E-state index is 0.229. The first kappa shape index (κ1) is 14.3. The molecule has 2 aliphatic rings. The van der Waals surface area contributed by atoms with Crippen molar-refractivity contribution in [1.29, 1.82) is 0 Å². The fourth-order valence-corrected chi connectivity index (χ4v) is 2.68. The van der Waals surface area contributed by atoms with E-state index in [0.29, 0.717) is 25.0 Å². The van der Waals surface area contributed by atoms with E-state index >= 15 is 0 Å². The summed E-state index contributed by atoms with van der Waals surface area (Å²) < 4.78 is 11.8. The van der Waals surface area contributed by atoms with Gasteiger partial charge in [-0.15, -0.1) is 0 Å². The van der Waals surface area contributed by atoms with Crippen LogP contribution in [0, 0.1) is 11.8 Å². The Bertz CT molecular complexity index is 265. The van der Waals surface area contributed by atoms with Crippen LogP contribution in [0.15, 0.2) is 0 Å². The molecule has 4 heteroatoms. The van der Waals surface area contributed by atoms with Gasteiger partial charge in [-0.25, -0.2) is 9.78 Å². The summed E-state index contributed by atoms with van der Waals surface area (Å²) in [6.07, 6.45) is 3.71. The maximum Gasteiger partial charge on any atom is 0.163 e. The Morgan fingerprint density at radius 1 is 1.11 bits per heavy atom. The average Bonchev–Trinajstić information content (AvgIpc) is 2.57. The fourth-order valence-electron chi connectivity index (χ4n) is 2.68. The number of rotatable bonds is 5. The van der Waals surface area contributed by atoms with E-state index in [2.05, 4.69) is 13.8 Å². The topological polar surface area (TPSA) is 36.9 Å². The molecule has 2 fully saturated rings. The Morgan fingerprint density at radius 3 is 2.56 bits per heavy atom. The number of ether oxygens (including phenoxy) is 2. The van der Waals surface area contributed by atoms with E-state index in [-0.39, 0.29) is 12.2 Å². The Kier molecular flexibility index (Phi) is 4.64. The van der Waals surface area contributed by atoms with Crippen molar-refractivity contribution in [2.45, 2.75) is 65.0 Å². The van der Waals surface area contributed by atoms with Crippen molar-refractivity contribution >= 4 is 0 Å². The Balaban J connectivity index is 1.68. The molecule has 106 valence electrons. The largest absolute Gasteiger partial charge is 0.345 e. The Morgan fingerprint density at radius 2 is 1.83 bits per heavy atom. The minimum Gasteiger partial charge on any atom is -0.345 e. The van der Waals surface area contributed by atoms with Gasteiger partial charge in [-0.2, -0.15) is 0 Å². The molecule has 0 N–H and O–H groups in total. The van der Waals surface area contributed by atoms with Gasteiger partial charge in [0.2, 0.25) is 0 Å². The van der Waals surface area contributed by atoms with Gasteiger partial charge in [0, 0.05) is 0 Å². The van der Waals surface area contributed by atoms with Crippen LogP contribution in [0.3, 0.4) is 0 Å². The van der Waals surface area contributed by atoms with Crippen LogP contribution in [0.25, 0.3) is 0 Å². The summed E-state index contributed by atoms with van der Waals surface area (Å²) in [4.78, 5) is 10.5. The third kappa shape index (κ3) is 3.92. The highest BCUT2D eigenvalue weighted by Crippen LogP contribution is 2.38. The molecule has 0 amide bonds. The van der Waals surface area contributed by atoms with Gasteiger partial charge in [0.25, 0.3) is 0 Å². The fraction of sp³-hybridized carbons (Fsp3) is 1.00. The van der Waals surface area contributed by atoms with Gasteiger partial charge in [-0.3, -0.25) is 0 Å². The van der Waals surface area contributed by atoms with Crippen molar-refractivity contribution in [3.63, 3.8) is 0 Å². The molecule has 1 aliphatic carbocycles. The van der Waals surface area contributed by atoms with Crippen LogP contribution in [0.2, 0.25) is 0 Å². The molecule has 0 spiro atoms. The summed E-state index contributed by atoms with van der Waals surface area (Å²) >= 11 is 0. The molecule has 0 aromatic carbocycles. The summed E-state index contributed by atoms with van der Waals surface area (Å²) in [6, 6.07) is 0. The second kappa shape index (κ2) is 5.87. The van der Waals surface area contributed by atoms with Crippen molar-refractivity contribution in [3.8, 4) is 0 Å². The van der Waals surface area contributed by atoms with Crippen molar-refractivity contribution in [3.05, 3.63) is 0 Å². The van der Waals surface area contributed by atoms with Crippen LogP contribution in [-0.4, -0.2) is 31.2 Å². The van der Waals surface area contributed by atoms with Crippen molar-refractivity contribution < 1.29 is 19.2 Å². The van der Waals surface area contributed by atoms with Crippen molar-refractivity contribution in [1.82, 2.24) is 0 Å². The summed E-state index contributed by atoms with van der Waals surface area (Å²) in [7, 11) is 0. The predicted octanol–water partition coefficient (Wildman–Crippen LogP) is 2.91. The van der Waals surface area contributed by atoms with Gasteiger partial charge in [0.15, 0.2) is 5.79 Å². The summed E-state index contributed by atoms with van der Waals surface area (Å²) in [5.74, 6) is 0.614. The van der Waals surface area contributed by atoms with Crippen LogP contribution in [-0.2, 0) is 19.2 Å². The zero-order valence-electron chi connectivity index (χ0n) is 12.0. The second-order valence-corrected chi connectivity index (χ2v) is 6.35. The molecule has 18 heavy (non-hydrogen) atoms. The molecule has 3 unspecified atom stereocenters. The SMILES string of the molecule is CC(C)COOCC1CCC2OC(C)(C)OC2C1. The number of hydrogen-bond acceptors (Lipinski definition) is 4. The highest BCUT2D eigenvalue weighted by atomic mass is 17.2. The van der Waals surface area contributed by atoms with Crippen LogP contribution in [0.5, 0.6) is 0 Å². The normalized spacial score (nSPS) is 34.8. The van der Waals surface area contributed by atoms with E-state index in [4.69, 9.17) is 19.2 Å². The predicted molar refractivity (Wildman–Crippen MR) is 67.9 cm³/mol. The first-order chi connectivity index (χ1) is 8.46. The lowest BCUT2D eigenvalue weighted by Gasteiger charge is -2.28. The van der Waals surface area contributed by atoms with Gasteiger partial charge in [-0.05, 0) is 44.9 Å². The molecule has 4 nitrogen and oxygen atoms in total. The van der Waals surface area contributed by atoms with Gasteiger partial charge < -0.3 is 9.47 Å². The third-order valence-electron chi connectivity index (χ3n) is 3.50. The van der Waals surface area contributed by atoms with E-state index in [9.17, 15) is 0 Å². The van der Waals surface area contributed by atoms with Gasteiger partial charge >= 0.3 is 0 Å². The third-order valence-corrected chi connectivity index (χ3v) is 3.50. The zero-order valence-corrected chi connectivity index (χ0v) is 12.0. The molecule has 1 saturated heterocycles. The summed E-state index contributed by atoms with van der Waals surface area (Å²) in [6.45, 7) is 9.52. The average molecular weight is 258 g/mol. The lowest BCUT2D eigenvalue weighted by Crippen LogP contribution is -2.33. The maximum atomic E-state index is 5.91. The Labute approximate surface area is 110 Å². The zero-order chi connectivity index (χ0) is 13.2. The lowest BCUT2D eigenvalue weighted by molar-refractivity contribution is -0.308. The van der Waals surface area contributed by atoms with Crippen LogP contribution >= 0.6 is 0 Å². The molecule has 1 heterocycles. The van der Waals surface area contributed by atoms with E-state index in [1.165, 1.54) is 0 Å². The standard InChI is InChI=1S/C14H26O4/c1-10(2)8-15-16-9-11-5-6-12-13(7-11)18-14(3,4)17-12/h10-13H,5-9H2,1-4H3. The maximum absolute atomic E-state index is 5.91. The monoisotopic (exact) mass is 258 g/mol. The lowest BCUT2D eigenvalue weighted by atomic mass is 9.86. The van der Waals surface area contributed by atoms with Crippen LogP contribution in [0.4, 0.5) is 0 Å². The molecule has 1 saturated carbocycles. The quantitative estimate of drug-likeness (QED) is 0.431. The summed E-state index contributed by atoms with van der Waals surface area (Å²) in [5, 5.41) is 0. The van der Waals surface area contributed by atoms with Crippen LogP contribution < -0.4 is 0 Å². The molecule has 0 bridgehead atoms. The number of hydrogen-bond donors (Lipinski definition) is 0. The van der Waals surface area contributed by atoms with Gasteiger partial charge in [-0.1, -0.05) is 13.8 Å². The Hall–Kier alpha value is -0.160. The van der Waals surface area contributed by atoms with E-state index < -0.39 is 5.79 Å². The highest BCUT2D eigenvalue weighted by molar-refractivity contribution is 4.87. The smallest absolute Gasteiger partial charge is 0.163 e. The van der Waals surface area contributed by atoms with Gasteiger partial charge in [0.05, 0.1) is 25.4 Å². The first-order valence-corrected chi connectivity index (χ1v) is 7.06. The van der Waals surface area contributed by atoms with Gasteiger partial charge in [0.1, 0.15) is 0 Å². The van der Waals surface area contributed by atoms with E-state index in [0.717, 1.165) is 19.3 Å². The molecule has 0 radical (unpaired) electrons. The molecule has 3 atom stereocenters. The van der Waals surface area contributed by atoms with E-state index in [1.54, 1.807) is 0 Å². The molecule has 1 aliphatic heterocycles. The first-order valence-electron chi connectivity index (χ1n) is 7.06. The minimum atomic E-state index is -0.417. The van der Waals surface area contributed by atoms with Crippen LogP contribution in [0.1, 0.15) is 47.0 Å². The second-order valence-electron chi connectivity index (χ2n) is 6.35. The molecule has 0 aromatic heterocycles. The number of fused-ring (bicyclic) bond motifs is 1. The van der Waals surface area contributed by atoms with Crippen molar-refractivity contribution in [2.75, 3.05) is 13.2 Å². The molecular formula is C14H26O4. The molecule has 2 rings (SSSR count). The van der Waals surface area contributed by atoms with Crippen molar-refractivity contribution in [2.24, 2.45) is 11.8 Å². The summed E-state index contributed by atoms with van der Waals surface area (Å²) in [5.41, 5.74) is 0. The van der Waals surface area contributed by atoms with E-state index in [1.807, 2.05) is 13.8 Å². The molecule has 0 aromatic rings.